The molecule has 2 N–H and O–H groups in total. The first-order valence-electron chi connectivity index (χ1n) is 5.42. The first-order chi connectivity index (χ1) is 8.82. The van der Waals surface area contributed by atoms with E-state index in [0.717, 1.165) is 12.1 Å². The number of halogens is 2. The molecule has 5 nitrogen and oxygen atoms in total. The lowest BCUT2D eigenvalue weighted by atomic mass is 10.3. The van der Waals surface area contributed by atoms with Gasteiger partial charge in [-0.15, -0.1) is 0 Å². The van der Waals surface area contributed by atoms with Gasteiger partial charge in [0.25, 0.3) is 0 Å². The van der Waals surface area contributed by atoms with Crippen molar-refractivity contribution in [1.82, 2.24) is 4.31 Å². The van der Waals surface area contributed by atoms with Crippen LogP contribution in [0.25, 0.3) is 0 Å². The number of benzene rings is 1. The Morgan fingerprint density at radius 1 is 1.32 bits per heavy atom. The quantitative estimate of drug-likeness (QED) is 0.816. The molecule has 1 aromatic rings. The minimum Gasteiger partial charge on any atom is -0.396 e. The first kappa shape index (κ1) is 14.7. The van der Waals surface area contributed by atoms with Gasteiger partial charge < -0.3 is 5.73 Å². The molecule has 0 bridgehead atoms. The molecule has 1 aliphatic rings. The van der Waals surface area contributed by atoms with Gasteiger partial charge in [0, 0.05) is 35.4 Å². The summed E-state index contributed by atoms with van der Waals surface area (Å²) in [6.07, 6.45) is 0. The van der Waals surface area contributed by atoms with Crippen LogP contribution in [0.4, 0.5) is 10.1 Å². The van der Waals surface area contributed by atoms with E-state index in [-0.39, 0.29) is 40.2 Å². The number of nitrogen functional groups attached to an aromatic ring is 1. The van der Waals surface area contributed by atoms with Gasteiger partial charge >= 0.3 is 0 Å². The predicted octanol–water partition coefficient (Wildman–Crippen LogP) is 0.814. The topological polar surface area (TPSA) is 80.5 Å². The van der Waals surface area contributed by atoms with Gasteiger partial charge in [-0.1, -0.05) is 11.6 Å². The van der Waals surface area contributed by atoms with Crippen molar-refractivity contribution < 1.29 is 17.0 Å². The van der Waals surface area contributed by atoms with Crippen molar-refractivity contribution in [3.8, 4) is 0 Å². The van der Waals surface area contributed by atoms with Crippen molar-refractivity contribution >= 4 is 38.1 Å². The molecule has 106 valence electrons. The molecule has 0 aromatic heterocycles. The van der Waals surface area contributed by atoms with Crippen LogP contribution in [0.5, 0.6) is 0 Å². The Balaban J connectivity index is 2.40. The third-order valence-electron chi connectivity index (χ3n) is 2.81. The lowest BCUT2D eigenvalue weighted by Gasteiger charge is -2.26. The van der Waals surface area contributed by atoms with Gasteiger partial charge in [-0.3, -0.25) is 4.21 Å². The highest BCUT2D eigenvalue weighted by Crippen LogP contribution is 2.29. The van der Waals surface area contributed by atoms with Crippen molar-refractivity contribution in [3.63, 3.8) is 0 Å². The van der Waals surface area contributed by atoms with Gasteiger partial charge in [-0.25, -0.2) is 12.8 Å². The largest absolute Gasteiger partial charge is 0.396 e. The minimum absolute atomic E-state index is 0.155. The highest BCUT2D eigenvalue weighted by atomic mass is 35.5. The fraction of sp³-hybridized carbons (Fsp3) is 0.400. The Labute approximate surface area is 118 Å². The zero-order chi connectivity index (χ0) is 14.2. The van der Waals surface area contributed by atoms with Crippen molar-refractivity contribution in [2.45, 2.75) is 4.90 Å². The number of hydrogen-bond acceptors (Lipinski definition) is 4. The van der Waals surface area contributed by atoms with Crippen LogP contribution in [0, 0.1) is 5.82 Å². The Morgan fingerprint density at radius 2 is 1.89 bits per heavy atom. The first-order valence-corrected chi connectivity index (χ1v) is 8.72. The van der Waals surface area contributed by atoms with E-state index in [4.69, 9.17) is 17.3 Å². The summed E-state index contributed by atoms with van der Waals surface area (Å²) in [4.78, 5) is -0.222. The molecule has 0 saturated carbocycles. The summed E-state index contributed by atoms with van der Waals surface area (Å²) in [6, 6.07) is 1.89. The van der Waals surface area contributed by atoms with E-state index in [2.05, 4.69) is 0 Å². The Bertz CT molecular complexity index is 626. The van der Waals surface area contributed by atoms with Crippen LogP contribution in [-0.2, 0) is 20.8 Å². The van der Waals surface area contributed by atoms with Gasteiger partial charge in [-0.05, 0) is 12.1 Å². The van der Waals surface area contributed by atoms with Gasteiger partial charge in [-0.2, -0.15) is 4.31 Å². The van der Waals surface area contributed by atoms with Crippen molar-refractivity contribution in [2.75, 3.05) is 30.3 Å². The second kappa shape index (κ2) is 5.35. The molecule has 1 saturated heterocycles. The molecule has 1 heterocycles. The molecular weight excluding hydrogens is 315 g/mol. The lowest BCUT2D eigenvalue weighted by molar-refractivity contribution is 0.438. The Kier molecular flexibility index (Phi) is 4.14. The Morgan fingerprint density at radius 3 is 2.47 bits per heavy atom. The average molecular weight is 327 g/mol. The van der Waals surface area contributed by atoms with E-state index >= 15 is 0 Å². The van der Waals surface area contributed by atoms with E-state index in [9.17, 15) is 17.0 Å². The van der Waals surface area contributed by atoms with E-state index < -0.39 is 26.6 Å². The van der Waals surface area contributed by atoms with E-state index in [1.807, 2.05) is 0 Å². The number of rotatable bonds is 2. The number of nitrogens with two attached hydrogens (primary N) is 1. The van der Waals surface area contributed by atoms with Gasteiger partial charge in [0.2, 0.25) is 10.0 Å². The van der Waals surface area contributed by atoms with Crippen LogP contribution in [-0.4, -0.2) is 41.5 Å². The summed E-state index contributed by atoms with van der Waals surface area (Å²) in [5.74, 6) is -0.190. The molecular formula is C10H12ClFN2O3S2. The molecule has 0 unspecified atom stereocenters. The lowest BCUT2D eigenvalue weighted by Crippen LogP contribution is -2.41. The molecule has 0 amide bonds. The number of anilines is 1. The monoisotopic (exact) mass is 326 g/mol. The summed E-state index contributed by atoms with van der Waals surface area (Å²) in [6.45, 7) is 0.311. The normalized spacial score (nSPS) is 18.6. The molecule has 1 fully saturated rings. The second-order valence-corrected chi connectivity index (χ2v) is 8.07. The smallest absolute Gasteiger partial charge is 0.244 e. The van der Waals surface area contributed by atoms with E-state index in [1.54, 1.807) is 0 Å². The molecule has 0 radical (unpaired) electrons. The van der Waals surface area contributed by atoms with Crippen LogP contribution >= 0.6 is 11.6 Å². The summed E-state index contributed by atoms with van der Waals surface area (Å²) >= 11 is 5.77. The van der Waals surface area contributed by atoms with E-state index in [1.165, 1.54) is 4.31 Å². The highest BCUT2D eigenvalue weighted by Gasteiger charge is 2.30. The van der Waals surface area contributed by atoms with Crippen LogP contribution in [0.3, 0.4) is 0 Å². The number of hydrogen-bond donors (Lipinski definition) is 1. The summed E-state index contributed by atoms with van der Waals surface area (Å²) < 4.78 is 50.3. The predicted molar refractivity (Wildman–Crippen MR) is 72.5 cm³/mol. The van der Waals surface area contributed by atoms with E-state index in [0.29, 0.717) is 0 Å². The van der Waals surface area contributed by atoms with Crippen LogP contribution in [0.1, 0.15) is 0 Å². The van der Waals surface area contributed by atoms with Crippen molar-refractivity contribution in [1.29, 1.82) is 0 Å². The maximum absolute atomic E-state index is 13.2. The molecule has 0 aliphatic carbocycles. The SMILES string of the molecule is Nc1cc(S(=O)(=O)N2CCS(=O)CC2)c(Cl)cc1F. The molecule has 19 heavy (non-hydrogen) atoms. The fourth-order valence-corrected chi connectivity index (χ4v) is 4.99. The van der Waals surface area contributed by atoms with Crippen molar-refractivity contribution in [2.24, 2.45) is 0 Å². The molecule has 0 spiro atoms. The maximum atomic E-state index is 13.2. The number of sulfonamides is 1. The average Bonchev–Trinajstić information content (AvgIpc) is 2.34. The minimum atomic E-state index is -3.84. The van der Waals surface area contributed by atoms with Crippen LogP contribution in [0.2, 0.25) is 5.02 Å². The van der Waals surface area contributed by atoms with Gasteiger partial charge in [0.05, 0.1) is 10.7 Å². The maximum Gasteiger partial charge on any atom is 0.244 e. The molecule has 1 aliphatic heterocycles. The standard InChI is InChI=1S/C10H12ClFN2O3S2/c11-7-5-8(12)9(13)6-10(7)19(16,17)14-1-3-18(15)4-2-14/h5-6H,1-4,13H2. The third kappa shape index (κ3) is 2.91. The zero-order valence-corrected chi connectivity index (χ0v) is 12.2. The van der Waals surface area contributed by atoms with Gasteiger partial charge in [0.15, 0.2) is 0 Å². The molecule has 0 atom stereocenters. The van der Waals surface area contributed by atoms with Gasteiger partial charge in [0.1, 0.15) is 10.7 Å². The van der Waals surface area contributed by atoms with Crippen LogP contribution in [0.15, 0.2) is 17.0 Å². The summed E-state index contributed by atoms with van der Waals surface area (Å²) in [5.41, 5.74) is 5.10. The van der Waals surface area contributed by atoms with Crippen molar-refractivity contribution in [3.05, 3.63) is 23.0 Å². The Hall–Kier alpha value is -0.700. The number of nitrogens with zero attached hydrogens (tertiary/aromatic N) is 1. The fourth-order valence-electron chi connectivity index (χ4n) is 1.74. The zero-order valence-electron chi connectivity index (χ0n) is 9.80. The third-order valence-corrected chi connectivity index (χ3v) is 6.44. The molecule has 1 aromatic carbocycles. The second-order valence-electron chi connectivity index (χ2n) is 4.06. The summed E-state index contributed by atoms with van der Waals surface area (Å²) in [7, 11) is -4.82. The molecule has 2 rings (SSSR count). The molecule has 9 heteroatoms. The highest BCUT2D eigenvalue weighted by molar-refractivity contribution is 7.89. The summed E-state index contributed by atoms with van der Waals surface area (Å²) in [5, 5.41) is -0.210. The van der Waals surface area contributed by atoms with Crippen LogP contribution < -0.4 is 5.73 Å².